The molecule has 0 spiro atoms. The predicted octanol–water partition coefficient (Wildman–Crippen LogP) is 2.41. The molecule has 1 aromatic carbocycles. The second-order valence-electron chi connectivity index (χ2n) is 6.69. The fourth-order valence-corrected chi connectivity index (χ4v) is 2.38. The first-order valence-electron chi connectivity index (χ1n) is 7.75. The Balaban J connectivity index is 1.75. The second-order valence-corrected chi connectivity index (χ2v) is 6.69. The molecule has 0 saturated carbocycles. The molecule has 1 atom stereocenters. The quantitative estimate of drug-likeness (QED) is 0.928. The molecule has 0 radical (unpaired) electrons. The van der Waals surface area contributed by atoms with Crippen LogP contribution >= 0.6 is 0 Å². The van der Waals surface area contributed by atoms with Gasteiger partial charge in [0, 0.05) is 25.2 Å². The lowest BCUT2D eigenvalue weighted by Gasteiger charge is -2.32. The molecule has 1 saturated heterocycles. The third kappa shape index (κ3) is 6.03. The van der Waals surface area contributed by atoms with Crippen LogP contribution in [0.1, 0.15) is 26.3 Å². The molecular weight excluding hydrogens is 280 g/mol. The highest BCUT2D eigenvalue weighted by molar-refractivity contribution is 5.68. The Morgan fingerprint density at radius 1 is 1.36 bits per heavy atom. The van der Waals surface area contributed by atoms with Gasteiger partial charge >= 0.3 is 6.09 Å². The van der Waals surface area contributed by atoms with E-state index in [1.54, 1.807) is 0 Å². The van der Waals surface area contributed by atoms with Gasteiger partial charge in [-0.1, -0.05) is 30.3 Å². The number of nitrogens with one attached hydrogen (secondary N) is 1. The van der Waals surface area contributed by atoms with Crippen molar-refractivity contribution in [2.75, 3.05) is 26.3 Å². The molecule has 1 amide bonds. The minimum atomic E-state index is -0.392. The third-order valence-electron chi connectivity index (χ3n) is 3.35. The van der Waals surface area contributed by atoms with E-state index in [9.17, 15) is 4.79 Å². The number of carbonyl (C=O) groups is 1. The Kier molecular flexibility index (Phi) is 5.80. The highest BCUT2D eigenvalue weighted by Crippen LogP contribution is 2.11. The average molecular weight is 306 g/mol. The average Bonchev–Trinajstić information content (AvgIpc) is 2.45. The highest BCUT2D eigenvalue weighted by atomic mass is 16.6. The van der Waals surface area contributed by atoms with Crippen molar-refractivity contribution in [2.24, 2.45) is 0 Å². The van der Waals surface area contributed by atoms with Crippen molar-refractivity contribution in [3.05, 3.63) is 35.9 Å². The molecule has 1 heterocycles. The Bertz CT molecular complexity index is 471. The predicted molar refractivity (Wildman–Crippen MR) is 85.7 cm³/mol. The number of hydrogen-bond donors (Lipinski definition) is 1. The molecule has 2 rings (SSSR count). The number of rotatable bonds is 4. The molecule has 1 unspecified atom stereocenters. The fraction of sp³-hybridized carbons (Fsp3) is 0.588. The number of alkyl carbamates (subject to hydrolysis) is 1. The number of nitrogens with zero attached hydrogens (tertiary/aromatic N) is 1. The van der Waals surface area contributed by atoms with Crippen molar-refractivity contribution in [1.29, 1.82) is 0 Å². The minimum absolute atomic E-state index is 0.0665. The molecular formula is C17H26N2O3. The van der Waals surface area contributed by atoms with Crippen LogP contribution in [-0.4, -0.2) is 48.9 Å². The summed E-state index contributed by atoms with van der Waals surface area (Å²) in [4.78, 5) is 14.0. The van der Waals surface area contributed by atoms with Crippen LogP contribution in [0, 0.1) is 0 Å². The van der Waals surface area contributed by atoms with Crippen LogP contribution in [-0.2, 0) is 16.0 Å². The highest BCUT2D eigenvalue weighted by Gasteiger charge is 2.23. The van der Waals surface area contributed by atoms with Gasteiger partial charge in [-0.2, -0.15) is 0 Å². The molecule has 1 fully saturated rings. The van der Waals surface area contributed by atoms with E-state index in [0.29, 0.717) is 6.61 Å². The molecule has 5 heteroatoms. The summed E-state index contributed by atoms with van der Waals surface area (Å²) in [7, 11) is 0. The number of amides is 1. The lowest BCUT2D eigenvalue weighted by molar-refractivity contribution is -0.0581. The van der Waals surface area contributed by atoms with E-state index in [1.165, 1.54) is 5.56 Å². The molecule has 0 bridgehead atoms. The topological polar surface area (TPSA) is 50.8 Å². The Morgan fingerprint density at radius 2 is 2.09 bits per heavy atom. The first-order chi connectivity index (χ1) is 10.4. The summed E-state index contributed by atoms with van der Waals surface area (Å²) in [5, 5.41) is 2.78. The van der Waals surface area contributed by atoms with Gasteiger partial charge in [-0.05, 0) is 26.3 Å². The normalized spacial score (nSPS) is 19.7. The second kappa shape index (κ2) is 7.61. The number of carbonyl (C=O) groups excluding carboxylic acids is 1. The molecule has 1 aliphatic rings. The van der Waals surface area contributed by atoms with E-state index >= 15 is 0 Å². The Labute approximate surface area is 132 Å². The summed E-state index contributed by atoms with van der Waals surface area (Å²) in [5.74, 6) is 0. The van der Waals surface area contributed by atoms with Crippen LogP contribution in [0.5, 0.6) is 0 Å². The Hall–Kier alpha value is -1.59. The lowest BCUT2D eigenvalue weighted by Crippen LogP contribution is -2.46. The van der Waals surface area contributed by atoms with Gasteiger partial charge in [0.05, 0.1) is 6.61 Å². The summed E-state index contributed by atoms with van der Waals surface area (Å²) in [6.45, 7) is 9.30. The van der Waals surface area contributed by atoms with Crippen molar-refractivity contribution in [3.63, 3.8) is 0 Å². The van der Waals surface area contributed by atoms with E-state index in [1.807, 2.05) is 39.0 Å². The molecule has 1 N–H and O–H groups in total. The summed E-state index contributed by atoms with van der Waals surface area (Å²) < 4.78 is 10.9. The van der Waals surface area contributed by atoms with Gasteiger partial charge in [-0.3, -0.25) is 4.90 Å². The first kappa shape index (κ1) is 16.8. The van der Waals surface area contributed by atoms with Crippen LogP contribution in [0.4, 0.5) is 4.79 Å². The third-order valence-corrected chi connectivity index (χ3v) is 3.35. The van der Waals surface area contributed by atoms with Gasteiger partial charge in [0.25, 0.3) is 0 Å². The van der Waals surface area contributed by atoms with Crippen LogP contribution in [0.3, 0.4) is 0 Å². The molecule has 1 aliphatic heterocycles. The summed E-state index contributed by atoms with van der Waals surface area (Å²) in [6, 6.07) is 10.4. The standard InChI is InChI=1S/C17H26N2O3/c1-17(2,3)18-16(20)22-13-15-12-19(9-10-21-15)11-14-7-5-4-6-8-14/h4-8,15H,9-13H2,1-3H3,(H,18,20). The number of ether oxygens (including phenoxy) is 2. The maximum absolute atomic E-state index is 11.7. The Morgan fingerprint density at radius 3 is 2.77 bits per heavy atom. The van der Waals surface area contributed by atoms with E-state index in [0.717, 1.165) is 19.6 Å². The minimum Gasteiger partial charge on any atom is -0.447 e. The van der Waals surface area contributed by atoms with Crippen LogP contribution in [0.25, 0.3) is 0 Å². The molecule has 22 heavy (non-hydrogen) atoms. The zero-order chi connectivity index (χ0) is 16.0. The van der Waals surface area contributed by atoms with Gasteiger partial charge in [0.1, 0.15) is 12.7 Å². The fourth-order valence-electron chi connectivity index (χ4n) is 2.38. The number of benzene rings is 1. The van der Waals surface area contributed by atoms with Gasteiger partial charge in [-0.15, -0.1) is 0 Å². The van der Waals surface area contributed by atoms with Gasteiger partial charge in [0.15, 0.2) is 0 Å². The molecule has 1 aromatic rings. The molecule has 122 valence electrons. The summed E-state index contributed by atoms with van der Waals surface area (Å²) in [6.07, 6.45) is -0.459. The summed E-state index contributed by atoms with van der Waals surface area (Å²) in [5.41, 5.74) is 0.999. The van der Waals surface area contributed by atoms with Gasteiger partial charge in [-0.25, -0.2) is 4.79 Å². The van der Waals surface area contributed by atoms with Crippen molar-refractivity contribution < 1.29 is 14.3 Å². The van der Waals surface area contributed by atoms with E-state index < -0.39 is 6.09 Å². The van der Waals surface area contributed by atoms with Gasteiger partial charge in [0.2, 0.25) is 0 Å². The van der Waals surface area contributed by atoms with E-state index in [2.05, 4.69) is 22.3 Å². The smallest absolute Gasteiger partial charge is 0.407 e. The SMILES string of the molecule is CC(C)(C)NC(=O)OCC1CN(Cc2ccccc2)CCO1. The monoisotopic (exact) mass is 306 g/mol. The maximum Gasteiger partial charge on any atom is 0.407 e. The lowest BCUT2D eigenvalue weighted by atomic mass is 10.1. The molecule has 0 aromatic heterocycles. The number of hydrogen-bond acceptors (Lipinski definition) is 4. The zero-order valence-electron chi connectivity index (χ0n) is 13.7. The number of morpholine rings is 1. The zero-order valence-corrected chi connectivity index (χ0v) is 13.7. The van der Waals surface area contributed by atoms with E-state index in [-0.39, 0.29) is 18.2 Å². The largest absolute Gasteiger partial charge is 0.447 e. The molecule has 0 aliphatic carbocycles. The first-order valence-corrected chi connectivity index (χ1v) is 7.75. The van der Waals surface area contributed by atoms with Crippen LogP contribution in [0.15, 0.2) is 30.3 Å². The van der Waals surface area contributed by atoms with Crippen molar-refractivity contribution in [2.45, 2.75) is 39.0 Å². The molecule has 5 nitrogen and oxygen atoms in total. The van der Waals surface area contributed by atoms with Crippen molar-refractivity contribution in [1.82, 2.24) is 10.2 Å². The van der Waals surface area contributed by atoms with Crippen LogP contribution < -0.4 is 5.32 Å². The van der Waals surface area contributed by atoms with Crippen molar-refractivity contribution in [3.8, 4) is 0 Å². The van der Waals surface area contributed by atoms with E-state index in [4.69, 9.17) is 9.47 Å². The van der Waals surface area contributed by atoms with Crippen molar-refractivity contribution >= 4 is 6.09 Å². The maximum atomic E-state index is 11.7. The van der Waals surface area contributed by atoms with Crippen LogP contribution in [0.2, 0.25) is 0 Å². The summed E-state index contributed by atoms with van der Waals surface area (Å²) >= 11 is 0. The van der Waals surface area contributed by atoms with Gasteiger partial charge < -0.3 is 14.8 Å².